The number of rotatable bonds is 8. The third-order valence-corrected chi connectivity index (χ3v) is 3.71. The molecule has 0 fully saturated rings. The molecule has 1 aromatic rings. The van der Waals surface area contributed by atoms with Gasteiger partial charge >= 0.3 is 0 Å². The summed E-state index contributed by atoms with van der Waals surface area (Å²) in [6, 6.07) is 4.70. The molecule has 0 saturated heterocycles. The van der Waals surface area contributed by atoms with E-state index in [9.17, 15) is 14.9 Å². The highest BCUT2D eigenvalue weighted by molar-refractivity contribution is 7.99. The maximum absolute atomic E-state index is 11.9. The zero-order valence-electron chi connectivity index (χ0n) is 11.3. The van der Waals surface area contributed by atoms with Gasteiger partial charge in [0.05, 0.1) is 4.92 Å². The molecule has 20 heavy (non-hydrogen) atoms. The molecule has 0 unspecified atom stereocenters. The van der Waals surface area contributed by atoms with Crippen LogP contribution in [0.25, 0.3) is 0 Å². The minimum Gasteiger partial charge on any atom is -0.396 e. The number of nitro benzene ring substituents is 1. The van der Waals surface area contributed by atoms with Gasteiger partial charge in [-0.3, -0.25) is 14.9 Å². The molecule has 6 nitrogen and oxygen atoms in total. The van der Waals surface area contributed by atoms with Crippen LogP contribution < -0.4 is 5.32 Å². The van der Waals surface area contributed by atoms with E-state index in [-0.39, 0.29) is 17.9 Å². The van der Waals surface area contributed by atoms with Gasteiger partial charge in [0.1, 0.15) is 5.56 Å². The van der Waals surface area contributed by atoms with E-state index >= 15 is 0 Å². The molecule has 0 radical (unpaired) electrons. The van der Waals surface area contributed by atoms with Crippen LogP contribution in [0.15, 0.2) is 18.2 Å². The predicted octanol–water partition coefficient (Wildman–Crippen LogP) is 1.75. The number of amides is 1. The normalized spacial score (nSPS) is 10.3. The molecule has 0 aliphatic heterocycles. The molecule has 110 valence electrons. The fourth-order valence-electron chi connectivity index (χ4n) is 1.69. The number of aryl methyl sites for hydroxylation is 1. The Morgan fingerprint density at radius 1 is 1.45 bits per heavy atom. The van der Waals surface area contributed by atoms with Gasteiger partial charge in [-0.1, -0.05) is 12.1 Å². The Morgan fingerprint density at radius 2 is 2.20 bits per heavy atom. The van der Waals surface area contributed by atoms with Gasteiger partial charge in [0, 0.05) is 24.5 Å². The molecule has 1 rings (SSSR count). The summed E-state index contributed by atoms with van der Waals surface area (Å²) in [7, 11) is 0. The summed E-state index contributed by atoms with van der Waals surface area (Å²) in [5, 5.41) is 22.3. The molecular weight excluding hydrogens is 280 g/mol. The van der Waals surface area contributed by atoms with Crippen molar-refractivity contribution in [3.63, 3.8) is 0 Å². The van der Waals surface area contributed by atoms with Crippen molar-refractivity contribution in [2.75, 3.05) is 24.7 Å². The van der Waals surface area contributed by atoms with E-state index in [0.29, 0.717) is 17.9 Å². The van der Waals surface area contributed by atoms with Gasteiger partial charge in [-0.2, -0.15) is 11.8 Å². The first-order chi connectivity index (χ1) is 9.57. The molecule has 7 heteroatoms. The molecule has 0 saturated carbocycles. The summed E-state index contributed by atoms with van der Waals surface area (Å²) >= 11 is 1.62. The van der Waals surface area contributed by atoms with Gasteiger partial charge in [-0.15, -0.1) is 0 Å². The predicted molar refractivity (Wildman–Crippen MR) is 79.2 cm³/mol. The molecule has 0 spiro atoms. The summed E-state index contributed by atoms with van der Waals surface area (Å²) in [6.45, 7) is 2.22. The Labute approximate surface area is 121 Å². The van der Waals surface area contributed by atoms with Gasteiger partial charge in [0.25, 0.3) is 11.6 Å². The minimum atomic E-state index is -0.528. The molecular formula is C13H18N2O4S. The van der Waals surface area contributed by atoms with E-state index in [0.717, 1.165) is 12.2 Å². The van der Waals surface area contributed by atoms with Crippen molar-refractivity contribution in [1.82, 2.24) is 5.32 Å². The van der Waals surface area contributed by atoms with Crippen molar-refractivity contribution < 1.29 is 14.8 Å². The third-order valence-electron chi connectivity index (χ3n) is 2.64. The topological polar surface area (TPSA) is 92.5 Å². The molecule has 1 aromatic carbocycles. The van der Waals surface area contributed by atoms with E-state index in [1.54, 1.807) is 30.8 Å². The van der Waals surface area contributed by atoms with Crippen LogP contribution >= 0.6 is 11.8 Å². The number of carbonyl (C=O) groups is 1. The smallest absolute Gasteiger partial charge is 0.285 e. The number of carbonyl (C=O) groups excluding carboxylic acids is 1. The Kier molecular flexibility index (Phi) is 7.03. The van der Waals surface area contributed by atoms with Crippen LogP contribution in [0, 0.1) is 17.0 Å². The Balaban J connectivity index is 2.56. The van der Waals surface area contributed by atoms with Crippen LogP contribution in [-0.4, -0.2) is 40.6 Å². The van der Waals surface area contributed by atoms with Crippen LogP contribution in [0.3, 0.4) is 0 Å². The van der Waals surface area contributed by atoms with Crippen LogP contribution in [0.4, 0.5) is 5.69 Å². The summed E-state index contributed by atoms with van der Waals surface area (Å²) < 4.78 is 0. The number of nitrogens with one attached hydrogen (secondary N) is 1. The average molecular weight is 298 g/mol. The molecule has 0 aliphatic rings. The highest BCUT2D eigenvalue weighted by Crippen LogP contribution is 2.22. The lowest BCUT2D eigenvalue weighted by Gasteiger charge is -2.07. The number of nitrogens with zero attached hydrogens (tertiary/aromatic N) is 1. The summed E-state index contributed by atoms with van der Waals surface area (Å²) in [5.74, 6) is 1.12. The number of hydrogen-bond acceptors (Lipinski definition) is 5. The SMILES string of the molecule is Cc1cccc(C(=O)NCCSCCCO)c1[N+](=O)[O-]. The average Bonchev–Trinajstić information content (AvgIpc) is 2.41. The molecule has 0 bridgehead atoms. The van der Waals surface area contributed by atoms with Crippen LogP contribution in [0.2, 0.25) is 0 Å². The van der Waals surface area contributed by atoms with E-state index in [4.69, 9.17) is 5.11 Å². The van der Waals surface area contributed by atoms with E-state index in [1.165, 1.54) is 6.07 Å². The van der Waals surface area contributed by atoms with Crippen molar-refractivity contribution in [2.24, 2.45) is 0 Å². The van der Waals surface area contributed by atoms with Crippen molar-refractivity contribution in [3.8, 4) is 0 Å². The first kappa shape index (κ1) is 16.5. The lowest BCUT2D eigenvalue weighted by Crippen LogP contribution is -2.26. The Hall–Kier alpha value is -1.60. The molecule has 1 amide bonds. The summed E-state index contributed by atoms with van der Waals surface area (Å²) in [4.78, 5) is 22.4. The first-order valence-corrected chi connectivity index (χ1v) is 7.44. The molecule has 0 aliphatic carbocycles. The standard InChI is InChI=1S/C13H18N2O4S/c1-10-4-2-5-11(12(10)15(18)19)13(17)14-6-9-20-8-3-7-16/h2,4-5,16H,3,6-9H2,1H3,(H,14,17). The molecule has 0 aromatic heterocycles. The second-order valence-corrected chi connectivity index (χ2v) is 5.40. The largest absolute Gasteiger partial charge is 0.396 e. The fraction of sp³-hybridized carbons (Fsp3) is 0.462. The lowest BCUT2D eigenvalue weighted by molar-refractivity contribution is -0.385. The number of nitro groups is 1. The molecule has 0 heterocycles. The van der Waals surface area contributed by atoms with Crippen LogP contribution in [-0.2, 0) is 0 Å². The first-order valence-electron chi connectivity index (χ1n) is 6.28. The van der Waals surface area contributed by atoms with Gasteiger partial charge in [-0.05, 0) is 25.2 Å². The molecule has 0 atom stereocenters. The van der Waals surface area contributed by atoms with Crippen LogP contribution in [0.1, 0.15) is 22.3 Å². The van der Waals surface area contributed by atoms with Crippen LogP contribution in [0.5, 0.6) is 0 Å². The number of para-hydroxylation sites is 1. The number of aliphatic hydroxyl groups excluding tert-OH is 1. The maximum atomic E-state index is 11.9. The quantitative estimate of drug-likeness (QED) is 0.433. The van der Waals surface area contributed by atoms with Crippen molar-refractivity contribution >= 4 is 23.4 Å². The minimum absolute atomic E-state index is 0.0929. The Morgan fingerprint density at radius 3 is 2.85 bits per heavy atom. The third kappa shape index (κ3) is 4.82. The number of aliphatic hydroxyl groups is 1. The highest BCUT2D eigenvalue weighted by atomic mass is 32.2. The highest BCUT2D eigenvalue weighted by Gasteiger charge is 2.21. The fourth-order valence-corrected chi connectivity index (χ4v) is 2.47. The zero-order chi connectivity index (χ0) is 15.0. The number of benzene rings is 1. The second-order valence-electron chi connectivity index (χ2n) is 4.17. The van der Waals surface area contributed by atoms with Gasteiger partial charge in [0.15, 0.2) is 0 Å². The number of hydrogen-bond donors (Lipinski definition) is 2. The van der Waals surface area contributed by atoms with Crippen molar-refractivity contribution in [1.29, 1.82) is 0 Å². The maximum Gasteiger partial charge on any atom is 0.285 e. The van der Waals surface area contributed by atoms with E-state index in [2.05, 4.69) is 5.32 Å². The van der Waals surface area contributed by atoms with Crippen molar-refractivity contribution in [3.05, 3.63) is 39.4 Å². The zero-order valence-corrected chi connectivity index (χ0v) is 12.1. The second kappa shape index (κ2) is 8.55. The number of thioether (sulfide) groups is 1. The van der Waals surface area contributed by atoms with Gasteiger partial charge < -0.3 is 10.4 Å². The van der Waals surface area contributed by atoms with Crippen molar-refractivity contribution in [2.45, 2.75) is 13.3 Å². The van der Waals surface area contributed by atoms with Gasteiger partial charge in [0.2, 0.25) is 0 Å². The van der Waals surface area contributed by atoms with Gasteiger partial charge in [-0.25, -0.2) is 0 Å². The summed E-state index contributed by atoms with van der Waals surface area (Å²) in [6.07, 6.45) is 0.724. The Bertz CT molecular complexity index is 479. The monoisotopic (exact) mass is 298 g/mol. The lowest BCUT2D eigenvalue weighted by atomic mass is 10.1. The molecule has 2 N–H and O–H groups in total. The summed E-state index contributed by atoms with van der Waals surface area (Å²) in [5.41, 5.74) is 0.424. The van der Waals surface area contributed by atoms with E-state index in [1.807, 2.05) is 0 Å². The van der Waals surface area contributed by atoms with E-state index < -0.39 is 10.8 Å².